The van der Waals surface area contributed by atoms with Gasteiger partial charge < -0.3 is 4.74 Å². The van der Waals surface area contributed by atoms with Crippen molar-refractivity contribution in [3.63, 3.8) is 0 Å². The molecular weight excluding hydrogens is 136 g/mol. The number of ether oxygens (including phenoxy) is 1. The molecule has 0 amide bonds. The van der Waals surface area contributed by atoms with Crippen molar-refractivity contribution in [2.75, 3.05) is 0 Å². The second-order valence-electron chi connectivity index (χ2n) is 2.42. The molecule has 0 bridgehead atoms. The first-order valence-electron chi connectivity index (χ1n) is 3.61. The summed E-state index contributed by atoms with van der Waals surface area (Å²) in [5.74, 6) is 0.939. The van der Waals surface area contributed by atoms with Gasteiger partial charge in [-0.15, -0.1) is 0 Å². The quantitative estimate of drug-likeness (QED) is 0.507. The molecule has 11 heavy (non-hydrogen) atoms. The molecule has 0 radical (unpaired) electrons. The highest BCUT2D eigenvalue weighted by Gasteiger charge is 2.00. The Morgan fingerprint density at radius 3 is 3.18 bits per heavy atom. The van der Waals surface area contributed by atoms with Gasteiger partial charge in [0, 0.05) is 6.42 Å². The molecule has 1 aliphatic rings. The van der Waals surface area contributed by atoms with Crippen LogP contribution in [0.25, 0.3) is 0 Å². The molecule has 1 aromatic carbocycles. The van der Waals surface area contributed by atoms with E-state index in [4.69, 9.17) is 4.74 Å². The highest BCUT2D eigenvalue weighted by molar-refractivity contribution is 5.36. The van der Waals surface area contributed by atoms with Crippen LogP contribution in [0.1, 0.15) is 5.56 Å². The van der Waals surface area contributed by atoms with E-state index in [1.165, 1.54) is 5.56 Å². The molecule has 2 rings (SSSR count). The normalized spacial score (nSPS) is 13.5. The van der Waals surface area contributed by atoms with E-state index in [1.807, 2.05) is 24.3 Å². The van der Waals surface area contributed by atoms with Gasteiger partial charge in [0.15, 0.2) is 0 Å². The van der Waals surface area contributed by atoms with E-state index in [9.17, 15) is 0 Å². The van der Waals surface area contributed by atoms with Crippen molar-refractivity contribution in [3.8, 4) is 5.75 Å². The molecule has 1 aromatic rings. The van der Waals surface area contributed by atoms with Gasteiger partial charge >= 0.3 is 0 Å². The van der Waals surface area contributed by atoms with E-state index < -0.39 is 0 Å². The first-order chi connectivity index (χ1) is 5.47. The van der Waals surface area contributed by atoms with Crippen LogP contribution in [0.15, 0.2) is 42.3 Å². The molecular formula is C10H8O. The minimum atomic E-state index is 0.909. The van der Waals surface area contributed by atoms with Crippen LogP contribution >= 0.6 is 0 Å². The summed E-state index contributed by atoms with van der Waals surface area (Å²) in [5.41, 5.74) is 4.14. The van der Waals surface area contributed by atoms with E-state index in [-0.39, 0.29) is 0 Å². The average molecular weight is 144 g/mol. The molecule has 0 atom stereocenters. The summed E-state index contributed by atoms with van der Waals surface area (Å²) in [6, 6.07) is 8.01. The third kappa shape index (κ3) is 1.19. The summed E-state index contributed by atoms with van der Waals surface area (Å²) in [6.45, 7) is 0. The first-order valence-corrected chi connectivity index (χ1v) is 3.61. The molecule has 1 heteroatoms. The van der Waals surface area contributed by atoms with E-state index in [1.54, 1.807) is 6.26 Å². The maximum Gasteiger partial charge on any atom is 0.133 e. The smallest absolute Gasteiger partial charge is 0.133 e. The lowest BCUT2D eigenvalue weighted by Gasteiger charge is -2.02. The predicted octanol–water partition coefficient (Wildman–Crippen LogP) is 2.29. The van der Waals surface area contributed by atoms with Crippen molar-refractivity contribution in [1.29, 1.82) is 0 Å². The topological polar surface area (TPSA) is 9.23 Å². The van der Waals surface area contributed by atoms with Crippen LogP contribution in [0.3, 0.4) is 0 Å². The van der Waals surface area contributed by atoms with Gasteiger partial charge in [-0.2, -0.15) is 0 Å². The van der Waals surface area contributed by atoms with Gasteiger partial charge in [-0.25, -0.2) is 0 Å². The Balaban J connectivity index is 2.47. The Labute approximate surface area is 65.6 Å². The van der Waals surface area contributed by atoms with Crippen molar-refractivity contribution in [1.82, 2.24) is 0 Å². The molecule has 0 N–H and O–H groups in total. The molecule has 0 unspecified atom stereocenters. The van der Waals surface area contributed by atoms with Crippen molar-refractivity contribution in [3.05, 3.63) is 47.9 Å². The van der Waals surface area contributed by atoms with Gasteiger partial charge in [-0.1, -0.05) is 23.9 Å². The summed E-state index contributed by atoms with van der Waals surface area (Å²) in [4.78, 5) is 0. The second kappa shape index (κ2) is 2.65. The second-order valence-corrected chi connectivity index (χ2v) is 2.42. The van der Waals surface area contributed by atoms with Gasteiger partial charge in [0.05, 0.1) is 0 Å². The minimum Gasteiger partial charge on any atom is -0.456 e. The van der Waals surface area contributed by atoms with Crippen molar-refractivity contribution in [2.24, 2.45) is 0 Å². The lowest BCUT2D eigenvalue weighted by atomic mass is 10.1. The maximum atomic E-state index is 5.28. The molecule has 0 aliphatic carbocycles. The zero-order valence-corrected chi connectivity index (χ0v) is 6.08. The fraction of sp³-hybridized carbons (Fsp3) is 0.100. The molecule has 1 aliphatic heterocycles. The highest BCUT2D eigenvalue weighted by atomic mass is 16.5. The van der Waals surface area contributed by atoms with Gasteiger partial charge in [0.2, 0.25) is 0 Å². The Morgan fingerprint density at radius 1 is 1.27 bits per heavy atom. The fourth-order valence-electron chi connectivity index (χ4n) is 1.10. The van der Waals surface area contributed by atoms with Gasteiger partial charge in [-0.05, 0) is 17.7 Å². The molecule has 0 saturated heterocycles. The van der Waals surface area contributed by atoms with Crippen LogP contribution in [0.4, 0.5) is 0 Å². The van der Waals surface area contributed by atoms with Gasteiger partial charge in [0.25, 0.3) is 0 Å². The van der Waals surface area contributed by atoms with Gasteiger partial charge in [-0.3, -0.25) is 0 Å². The van der Waals surface area contributed by atoms with E-state index in [0.717, 1.165) is 12.2 Å². The number of rotatable bonds is 0. The third-order valence-corrected chi connectivity index (χ3v) is 1.67. The SMILES string of the molecule is C1=CCc2ccccc2OC=1. The first kappa shape index (κ1) is 6.26. The van der Waals surface area contributed by atoms with E-state index in [2.05, 4.69) is 11.8 Å². The summed E-state index contributed by atoms with van der Waals surface area (Å²) >= 11 is 0. The lowest BCUT2D eigenvalue weighted by molar-refractivity contribution is 0.480. The predicted molar refractivity (Wildman–Crippen MR) is 43.4 cm³/mol. The number of hydrogen-bond donors (Lipinski definition) is 0. The van der Waals surface area contributed by atoms with Crippen LogP contribution in [-0.2, 0) is 6.42 Å². The number of benzene rings is 1. The van der Waals surface area contributed by atoms with Crippen LogP contribution in [-0.4, -0.2) is 0 Å². The molecule has 54 valence electrons. The van der Waals surface area contributed by atoms with Crippen molar-refractivity contribution < 1.29 is 4.74 Å². The Morgan fingerprint density at radius 2 is 2.18 bits per heavy atom. The summed E-state index contributed by atoms with van der Waals surface area (Å²) in [7, 11) is 0. The molecule has 1 nitrogen and oxygen atoms in total. The molecule has 1 heterocycles. The Hall–Kier alpha value is -1.46. The fourth-order valence-corrected chi connectivity index (χ4v) is 1.10. The number of fused-ring (bicyclic) bond motifs is 1. The standard InChI is InChI=1S/C10H8O/c1-2-7-10-9(5-1)6-3-4-8-11-10/h1-3,5,7-8H,6H2. The molecule has 0 fully saturated rings. The molecule has 0 saturated carbocycles. The minimum absolute atomic E-state index is 0.909. The molecule has 0 aromatic heterocycles. The lowest BCUT2D eigenvalue weighted by Crippen LogP contribution is -1.85. The monoisotopic (exact) mass is 144 g/mol. The maximum absolute atomic E-state index is 5.28. The molecule has 0 spiro atoms. The van der Waals surface area contributed by atoms with E-state index in [0.29, 0.717) is 0 Å². The third-order valence-electron chi connectivity index (χ3n) is 1.67. The van der Waals surface area contributed by atoms with Crippen LogP contribution in [0, 0.1) is 0 Å². The average Bonchev–Trinajstić information content (AvgIpc) is 2.28. The zero-order chi connectivity index (χ0) is 7.52. The Bertz CT molecular complexity index is 290. The van der Waals surface area contributed by atoms with E-state index >= 15 is 0 Å². The zero-order valence-electron chi connectivity index (χ0n) is 6.08. The Kier molecular flexibility index (Phi) is 1.51. The summed E-state index contributed by atoms with van der Waals surface area (Å²) in [5, 5.41) is 0. The van der Waals surface area contributed by atoms with Crippen molar-refractivity contribution in [2.45, 2.75) is 6.42 Å². The summed E-state index contributed by atoms with van der Waals surface area (Å²) in [6.07, 6.45) is 4.46. The van der Waals surface area contributed by atoms with Crippen LogP contribution < -0.4 is 4.74 Å². The van der Waals surface area contributed by atoms with Crippen molar-refractivity contribution >= 4 is 0 Å². The number of allylic oxidation sites excluding steroid dienone is 1. The van der Waals surface area contributed by atoms with Crippen LogP contribution in [0.2, 0.25) is 0 Å². The van der Waals surface area contributed by atoms with Gasteiger partial charge in [0.1, 0.15) is 12.0 Å². The largest absolute Gasteiger partial charge is 0.456 e. The number of hydrogen-bond acceptors (Lipinski definition) is 1. The van der Waals surface area contributed by atoms with Crippen LogP contribution in [0.5, 0.6) is 5.75 Å². The number of para-hydroxylation sites is 1. The summed E-state index contributed by atoms with van der Waals surface area (Å²) < 4.78 is 5.28. The highest BCUT2D eigenvalue weighted by Crippen LogP contribution is 2.19.